The van der Waals surface area contributed by atoms with Crippen LogP contribution in [0, 0.1) is 5.82 Å². The fourth-order valence-corrected chi connectivity index (χ4v) is 4.32. The minimum atomic E-state index is -0.467. The monoisotopic (exact) mass is 493 g/mol. The number of halogens is 4. The molecule has 1 aromatic heterocycles. The van der Waals surface area contributed by atoms with Crippen molar-refractivity contribution in [3.05, 3.63) is 97.1 Å². The van der Waals surface area contributed by atoms with Crippen molar-refractivity contribution in [2.45, 2.75) is 18.9 Å². The number of piperidine rings is 1. The SMILES string of the molecule is O=c1ccc(C(=NOC2CCNCC2)c2ccc(F)cc2Cl)cn1-c1c(Cl)cccc1Cl. The number of nitrogens with zero attached hydrogens (tertiary/aromatic N) is 2. The van der Waals surface area contributed by atoms with Gasteiger partial charge >= 0.3 is 0 Å². The zero-order valence-corrected chi connectivity index (χ0v) is 19.1. The second kappa shape index (κ2) is 10.0. The standard InChI is InChI=1S/C23H19Cl3FN3O2/c24-18-2-1-3-19(25)23(18)30-13-14(4-7-21(30)31)22(17-6-5-15(27)12-20(17)26)29-32-16-8-10-28-11-9-16/h1-7,12-13,16,28H,8-11H2. The highest BCUT2D eigenvalue weighted by atomic mass is 35.5. The number of aromatic nitrogens is 1. The lowest BCUT2D eigenvalue weighted by Gasteiger charge is -2.21. The summed E-state index contributed by atoms with van der Waals surface area (Å²) in [6.07, 6.45) is 3.12. The number of oxime groups is 1. The molecule has 0 amide bonds. The number of hydrogen-bond acceptors (Lipinski definition) is 4. The van der Waals surface area contributed by atoms with Gasteiger partial charge in [0.05, 0.1) is 20.8 Å². The summed E-state index contributed by atoms with van der Waals surface area (Å²) in [5.41, 5.74) is 1.39. The van der Waals surface area contributed by atoms with E-state index in [9.17, 15) is 9.18 Å². The van der Waals surface area contributed by atoms with E-state index >= 15 is 0 Å². The molecule has 1 aliphatic rings. The molecule has 2 heterocycles. The van der Waals surface area contributed by atoms with Crippen molar-refractivity contribution in [2.24, 2.45) is 5.16 Å². The summed E-state index contributed by atoms with van der Waals surface area (Å²) in [6.45, 7) is 1.67. The van der Waals surface area contributed by atoms with Gasteiger partial charge in [-0.2, -0.15) is 0 Å². The van der Waals surface area contributed by atoms with Gasteiger partial charge in [-0.1, -0.05) is 46.0 Å². The van der Waals surface area contributed by atoms with Crippen LogP contribution in [0.2, 0.25) is 15.1 Å². The zero-order chi connectivity index (χ0) is 22.7. The van der Waals surface area contributed by atoms with E-state index in [1.165, 1.54) is 28.8 Å². The summed E-state index contributed by atoms with van der Waals surface area (Å²) >= 11 is 19.0. The van der Waals surface area contributed by atoms with E-state index in [2.05, 4.69) is 10.5 Å². The van der Waals surface area contributed by atoms with Gasteiger partial charge in [-0.3, -0.25) is 9.36 Å². The molecule has 9 heteroatoms. The summed E-state index contributed by atoms with van der Waals surface area (Å²) in [7, 11) is 0. The van der Waals surface area contributed by atoms with Crippen molar-refractivity contribution in [3.63, 3.8) is 0 Å². The molecule has 0 saturated carbocycles. The van der Waals surface area contributed by atoms with Gasteiger partial charge in [0.1, 0.15) is 17.6 Å². The fourth-order valence-electron chi connectivity index (χ4n) is 3.49. The Balaban J connectivity index is 1.83. The first kappa shape index (κ1) is 22.8. The topological polar surface area (TPSA) is 55.6 Å². The van der Waals surface area contributed by atoms with Crippen LogP contribution in [0.25, 0.3) is 5.69 Å². The summed E-state index contributed by atoms with van der Waals surface area (Å²) in [5.74, 6) is -0.467. The molecule has 32 heavy (non-hydrogen) atoms. The quantitative estimate of drug-likeness (QED) is 0.379. The molecular weight excluding hydrogens is 476 g/mol. The second-order valence-corrected chi connectivity index (χ2v) is 8.54. The van der Waals surface area contributed by atoms with Crippen LogP contribution in [0.4, 0.5) is 4.39 Å². The first-order valence-corrected chi connectivity index (χ1v) is 11.1. The molecular formula is C23H19Cl3FN3O2. The molecule has 0 spiro atoms. The Kier molecular flexibility index (Phi) is 7.16. The van der Waals surface area contributed by atoms with Gasteiger partial charge in [0, 0.05) is 23.4 Å². The third-order valence-electron chi connectivity index (χ3n) is 5.13. The number of rotatable bonds is 5. The first-order chi connectivity index (χ1) is 15.4. The Morgan fingerprint density at radius 3 is 2.44 bits per heavy atom. The lowest BCUT2D eigenvalue weighted by atomic mass is 10.0. The Hall–Kier alpha value is -2.38. The zero-order valence-electron chi connectivity index (χ0n) is 16.8. The van der Waals surface area contributed by atoms with Gasteiger partial charge in [0.2, 0.25) is 0 Å². The highest BCUT2D eigenvalue weighted by Crippen LogP contribution is 2.28. The predicted molar refractivity (Wildman–Crippen MR) is 126 cm³/mol. The van der Waals surface area contributed by atoms with Crippen molar-refractivity contribution < 1.29 is 9.23 Å². The molecule has 0 bridgehead atoms. The molecule has 0 radical (unpaired) electrons. The van der Waals surface area contributed by atoms with E-state index < -0.39 is 5.82 Å². The maximum Gasteiger partial charge on any atom is 0.255 e. The third kappa shape index (κ3) is 4.99. The molecule has 0 atom stereocenters. The van der Waals surface area contributed by atoms with Crippen molar-refractivity contribution in [1.29, 1.82) is 0 Å². The molecule has 5 nitrogen and oxygen atoms in total. The van der Waals surface area contributed by atoms with Crippen LogP contribution >= 0.6 is 34.8 Å². The summed E-state index contributed by atoms with van der Waals surface area (Å²) in [4.78, 5) is 18.5. The van der Waals surface area contributed by atoms with Crippen molar-refractivity contribution in [3.8, 4) is 5.69 Å². The van der Waals surface area contributed by atoms with E-state index in [0.29, 0.717) is 32.6 Å². The average Bonchev–Trinajstić information content (AvgIpc) is 2.77. The largest absolute Gasteiger partial charge is 0.392 e. The van der Waals surface area contributed by atoms with Crippen LogP contribution in [-0.2, 0) is 4.84 Å². The van der Waals surface area contributed by atoms with Gasteiger partial charge in [-0.25, -0.2) is 4.39 Å². The third-order valence-corrected chi connectivity index (χ3v) is 6.05. The predicted octanol–water partition coefficient (Wildman–Crippen LogP) is 5.46. The fraction of sp³-hybridized carbons (Fsp3) is 0.217. The van der Waals surface area contributed by atoms with Crippen LogP contribution in [0.15, 0.2) is 64.7 Å². The van der Waals surface area contributed by atoms with E-state index in [0.717, 1.165) is 25.9 Å². The molecule has 1 N–H and O–H groups in total. The molecule has 166 valence electrons. The lowest BCUT2D eigenvalue weighted by Crippen LogP contribution is -2.31. The first-order valence-electron chi connectivity index (χ1n) is 10.0. The number of pyridine rings is 1. The molecule has 4 rings (SSSR count). The highest BCUT2D eigenvalue weighted by Gasteiger charge is 2.19. The molecule has 2 aromatic carbocycles. The number of hydrogen-bond donors (Lipinski definition) is 1. The Bertz CT molecular complexity index is 1200. The van der Waals surface area contributed by atoms with Crippen molar-refractivity contribution in [2.75, 3.05) is 13.1 Å². The van der Waals surface area contributed by atoms with Gasteiger partial charge in [-0.15, -0.1) is 0 Å². The molecule has 0 aliphatic carbocycles. The number of benzene rings is 2. The van der Waals surface area contributed by atoms with Crippen LogP contribution in [0.5, 0.6) is 0 Å². The normalized spacial score (nSPS) is 15.1. The van der Waals surface area contributed by atoms with Crippen molar-refractivity contribution >= 4 is 40.5 Å². The maximum atomic E-state index is 13.7. The van der Waals surface area contributed by atoms with E-state index in [4.69, 9.17) is 39.6 Å². The van der Waals surface area contributed by atoms with Crippen LogP contribution in [-0.4, -0.2) is 29.5 Å². The van der Waals surface area contributed by atoms with Crippen LogP contribution in [0.1, 0.15) is 24.0 Å². The minimum absolute atomic E-state index is 0.0607. The van der Waals surface area contributed by atoms with Crippen LogP contribution in [0.3, 0.4) is 0 Å². The molecule has 1 aliphatic heterocycles. The lowest BCUT2D eigenvalue weighted by molar-refractivity contribution is 0.0379. The summed E-state index contributed by atoms with van der Waals surface area (Å²) in [6, 6.07) is 12.0. The molecule has 1 saturated heterocycles. The summed E-state index contributed by atoms with van der Waals surface area (Å²) < 4.78 is 15.0. The minimum Gasteiger partial charge on any atom is -0.392 e. The van der Waals surface area contributed by atoms with Gasteiger partial charge in [0.15, 0.2) is 0 Å². The Labute approximate surface area is 199 Å². The summed E-state index contributed by atoms with van der Waals surface area (Å²) in [5, 5.41) is 8.47. The average molecular weight is 495 g/mol. The maximum absolute atomic E-state index is 13.7. The van der Waals surface area contributed by atoms with E-state index in [1.54, 1.807) is 30.5 Å². The van der Waals surface area contributed by atoms with E-state index in [-0.39, 0.29) is 16.7 Å². The van der Waals surface area contributed by atoms with Gasteiger partial charge in [0.25, 0.3) is 5.56 Å². The Morgan fingerprint density at radius 1 is 1.03 bits per heavy atom. The van der Waals surface area contributed by atoms with Crippen LogP contribution < -0.4 is 10.9 Å². The smallest absolute Gasteiger partial charge is 0.255 e. The molecule has 0 unspecified atom stereocenters. The second-order valence-electron chi connectivity index (χ2n) is 7.32. The highest BCUT2D eigenvalue weighted by molar-refractivity contribution is 6.38. The number of nitrogens with one attached hydrogen (secondary N) is 1. The van der Waals surface area contributed by atoms with E-state index in [1.807, 2.05) is 0 Å². The molecule has 1 fully saturated rings. The van der Waals surface area contributed by atoms with Crippen molar-refractivity contribution in [1.82, 2.24) is 9.88 Å². The Morgan fingerprint density at radius 2 is 1.75 bits per heavy atom. The van der Waals surface area contributed by atoms with Gasteiger partial charge < -0.3 is 10.2 Å². The van der Waals surface area contributed by atoms with Gasteiger partial charge in [-0.05, 0) is 62.3 Å². The molecule has 3 aromatic rings. The number of para-hydroxylation sites is 1.